The molecule has 2 aromatic carbocycles. The van der Waals surface area contributed by atoms with Crippen molar-refractivity contribution in [2.24, 2.45) is 0 Å². The lowest BCUT2D eigenvalue weighted by atomic mass is 10.0. The Bertz CT molecular complexity index is 683. The molecule has 2 unspecified atom stereocenters. The highest BCUT2D eigenvalue weighted by Crippen LogP contribution is 2.51. The number of rotatable bonds is 1. The van der Waals surface area contributed by atoms with Gasteiger partial charge in [-0.15, -0.1) is 0 Å². The van der Waals surface area contributed by atoms with E-state index in [0.717, 1.165) is 22.3 Å². The Hall–Kier alpha value is -1.70. The highest BCUT2D eigenvalue weighted by atomic mass is 35.5. The zero-order chi connectivity index (χ0) is 14.2. The normalized spacial score (nSPS) is 24.4. The number of nitrogens with one attached hydrogen (secondary N) is 1. The monoisotopic (exact) mass is 304 g/mol. The van der Waals surface area contributed by atoms with Gasteiger partial charge in [0.15, 0.2) is 0 Å². The predicted octanol–water partition coefficient (Wildman–Crippen LogP) is 4.79. The molecule has 5 heteroatoms. The Morgan fingerprint density at radius 1 is 1.20 bits per heavy atom. The molecule has 0 fully saturated rings. The van der Waals surface area contributed by atoms with E-state index in [0.29, 0.717) is 10.6 Å². The first-order valence-electron chi connectivity index (χ1n) is 6.02. The Labute approximate surface area is 125 Å². The lowest BCUT2D eigenvalue weighted by Gasteiger charge is -2.34. The lowest BCUT2D eigenvalue weighted by molar-refractivity contribution is 0.322. The first-order valence-corrected chi connectivity index (χ1v) is 7.22. The molecule has 100 valence electrons. The van der Waals surface area contributed by atoms with Crippen molar-refractivity contribution in [1.82, 2.24) is 0 Å². The Morgan fingerprint density at radius 2 is 1.90 bits per heavy atom. The minimum atomic E-state index is -2.05. The molecule has 2 aromatic rings. The van der Waals surface area contributed by atoms with Crippen LogP contribution in [0.1, 0.15) is 11.6 Å². The van der Waals surface area contributed by atoms with E-state index in [1.807, 2.05) is 18.2 Å². The quantitative estimate of drug-likeness (QED) is 0.823. The number of benzene rings is 2. The van der Waals surface area contributed by atoms with Crippen LogP contribution in [-0.4, -0.2) is 5.00 Å². The van der Waals surface area contributed by atoms with Crippen molar-refractivity contribution in [3.05, 3.63) is 59.1 Å². The van der Waals surface area contributed by atoms with Gasteiger partial charge >= 0.3 is 0 Å². The average Bonchev–Trinajstić information content (AvgIpc) is 2.47. The first-order chi connectivity index (χ1) is 9.62. The van der Waals surface area contributed by atoms with E-state index in [9.17, 15) is 9.65 Å². The zero-order valence-electron chi connectivity index (χ0n) is 10.3. The summed E-state index contributed by atoms with van der Waals surface area (Å²) in [6.07, 6.45) is 0. The fourth-order valence-electron chi connectivity index (χ4n) is 2.18. The average molecular weight is 305 g/mol. The van der Waals surface area contributed by atoms with Crippen LogP contribution in [0.3, 0.4) is 0 Å². The summed E-state index contributed by atoms with van der Waals surface area (Å²) in [4.78, 5) is 0.738. The van der Waals surface area contributed by atoms with E-state index in [4.69, 9.17) is 11.6 Å². The molecule has 0 bridgehead atoms. The second-order valence-corrected chi connectivity index (χ2v) is 6.16. The van der Waals surface area contributed by atoms with Gasteiger partial charge in [0, 0.05) is 15.6 Å². The van der Waals surface area contributed by atoms with Gasteiger partial charge < -0.3 is 5.32 Å². The smallest absolute Gasteiger partial charge is 0.269 e. The van der Waals surface area contributed by atoms with Gasteiger partial charge in [0.05, 0.1) is 0 Å². The Kier molecular flexibility index (Phi) is 3.33. The van der Waals surface area contributed by atoms with E-state index in [2.05, 4.69) is 5.32 Å². The summed E-state index contributed by atoms with van der Waals surface area (Å²) < 4.78 is 14.9. The molecule has 2 nitrogen and oxygen atoms in total. The molecule has 3 rings (SSSR count). The number of para-hydroxylation sites is 1. The van der Waals surface area contributed by atoms with Crippen molar-refractivity contribution >= 4 is 29.1 Å². The van der Waals surface area contributed by atoms with Crippen LogP contribution in [0.2, 0.25) is 5.02 Å². The summed E-state index contributed by atoms with van der Waals surface area (Å²) >= 11 is 6.80. The van der Waals surface area contributed by atoms with Gasteiger partial charge in [-0.1, -0.05) is 47.6 Å². The maximum atomic E-state index is 14.9. The molecule has 0 spiro atoms. The van der Waals surface area contributed by atoms with E-state index < -0.39 is 11.0 Å². The molecule has 0 amide bonds. The summed E-state index contributed by atoms with van der Waals surface area (Å²) in [5.74, 6) is 0. The van der Waals surface area contributed by atoms with Crippen molar-refractivity contribution in [1.29, 1.82) is 5.26 Å². The fourth-order valence-corrected chi connectivity index (χ4v) is 3.37. The second-order valence-electron chi connectivity index (χ2n) is 4.48. The number of nitriles is 1. The van der Waals surface area contributed by atoms with Crippen LogP contribution in [0.4, 0.5) is 10.1 Å². The number of hydrogen-bond donors (Lipinski definition) is 1. The molecule has 0 aromatic heterocycles. The van der Waals surface area contributed by atoms with E-state index in [1.165, 1.54) is 0 Å². The van der Waals surface area contributed by atoms with Crippen molar-refractivity contribution in [2.45, 2.75) is 15.9 Å². The van der Waals surface area contributed by atoms with Crippen LogP contribution < -0.4 is 5.32 Å². The first kappa shape index (κ1) is 13.3. The molecule has 0 radical (unpaired) electrons. The van der Waals surface area contributed by atoms with Crippen LogP contribution in [0.15, 0.2) is 53.4 Å². The molecule has 1 heterocycles. The maximum Gasteiger partial charge on any atom is 0.269 e. The summed E-state index contributed by atoms with van der Waals surface area (Å²) in [6, 6.07) is 15.3. The highest BCUT2D eigenvalue weighted by molar-refractivity contribution is 8.01. The molecule has 1 aliphatic heterocycles. The molecular formula is C15H10ClFN2S. The summed E-state index contributed by atoms with van der Waals surface area (Å²) in [7, 11) is 0. The number of hydrogen-bond acceptors (Lipinski definition) is 3. The van der Waals surface area contributed by atoms with Gasteiger partial charge in [-0.25, -0.2) is 4.39 Å². The van der Waals surface area contributed by atoms with Gasteiger partial charge in [-0.2, -0.15) is 5.26 Å². The number of anilines is 1. The van der Waals surface area contributed by atoms with Crippen molar-refractivity contribution in [3.8, 4) is 6.07 Å². The van der Waals surface area contributed by atoms with Gasteiger partial charge in [-0.05, 0) is 29.8 Å². The zero-order valence-corrected chi connectivity index (χ0v) is 11.9. The molecule has 2 atom stereocenters. The van der Waals surface area contributed by atoms with Crippen LogP contribution in [-0.2, 0) is 0 Å². The van der Waals surface area contributed by atoms with Crippen molar-refractivity contribution in [2.75, 3.05) is 5.32 Å². The summed E-state index contributed by atoms with van der Waals surface area (Å²) in [5, 5.41) is 10.9. The second kappa shape index (κ2) is 5.01. The molecular weight excluding hydrogens is 295 g/mol. The number of nitrogens with zero attached hydrogens (tertiary/aromatic N) is 1. The van der Waals surface area contributed by atoms with E-state index in [1.54, 1.807) is 36.4 Å². The minimum absolute atomic E-state index is 0.582. The number of thioether (sulfide) groups is 1. The van der Waals surface area contributed by atoms with Crippen LogP contribution in [0, 0.1) is 11.3 Å². The summed E-state index contributed by atoms with van der Waals surface area (Å²) in [5.41, 5.74) is 1.53. The van der Waals surface area contributed by atoms with Gasteiger partial charge in [-0.3, -0.25) is 0 Å². The standard InChI is InChI=1S/C15H10ClFN2S/c16-11-7-5-10(6-8-11)14-15(17,9-18)20-13-4-2-1-3-12(13)19-14/h1-8,14,19H. The molecule has 1 N–H and O–H groups in total. The molecule has 0 saturated heterocycles. The van der Waals surface area contributed by atoms with Crippen molar-refractivity contribution < 1.29 is 4.39 Å². The number of alkyl halides is 1. The SMILES string of the molecule is N#CC1(F)Sc2ccccc2NC1c1ccc(Cl)cc1. The molecule has 1 aliphatic rings. The van der Waals surface area contributed by atoms with E-state index >= 15 is 0 Å². The Balaban J connectivity index is 2.06. The number of halogens is 2. The van der Waals surface area contributed by atoms with Gasteiger partial charge in [0.2, 0.25) is 0 Å². The fraction of sp³-hybridized carbons (Fsp3) is 0.133. The molecule has 0 saturated carbocycles. The van der Waals surface area contributed by atoms with Gasteiger partial charge in [0.25, 0.3) is 5.00 Å². The maximum absolute atomic E-state index is 14.9. The lowest BCUT2D eigenvalue weighted by Crippen LogP contribution is -2.35. The van der Waals surface area contributed by atoms with Crippen molar-refractivity contribution in [3.63, 3.8) is 0 Å². The van der Waals surface area contributed by atoms with Crippen LogP contribution in [0.5, 0.6) is 0 Å². The Morgan fingerprint density at radius 3 is 2.60 bits per heavy atom. The minimum Gasteiger partial charge on any atom is -0.373 e. The third-order valence-corrected chi connectivity index (χ3v) is 4.62. The summed E-state index contributed by atoms with van der Waals surface area (Å²) in [6.45, 7) is 0. The van der Waals surface area contributed by atoms with Gasteiger partial charge in [0.1, 0.15) is 12.1 Å². The van der Waals surface area contributed by atoms with Crippen LogP contribution in [0.25, 0.3) is 0 Å². The predicted molar refractivity (Wildman–Crippen MR) is 79.6 cm³/mol. The van der Waals surface area contributed by atoms with E-state index in [-0.39, 0.29) is 0 Å². The largest absolute Gasteiger partial charge is 0.373 e. The third-order valence-electron chi connectivity index (χ3n) is 3.17. The highest BCUT2D eigenvalue weighted by Gasteiger charge is 2.45. The molecule has 20 heavy (non-hydrogen) atoms. The molecule has 0 aliphatic carbocycles. The van der Waals surface area contributed by atoms with Crippen LogP contribution >= 0.6 is 23.4 Å². The third kappa shape index (κ3) is 2.24. The topological polar surface area (TPSA) is 35.8 Å². The number of fused-ring (bicyclic) bond motifs is 1.